The van der Waals surface area contributed by atoms with Crippen molar-refractivity contribution in [2.45, 2.75) is 24.1 Å². The zero-order chi connectivity index (χ0) is 9.14. The van der Waals surface area contributed by atoms with Crippen molar-refractivity contribution in [1.82, 2.24) is 9.78 Å². The third-order valence-electron chi connectivity index (χ3n) is 1.44. The maximum Gasteiger partial charge on any atom is 0.0951 e. The second-order valence-corrected chi connectivity index (χ2v) is 4.00. The zero-order valence-corrected chi connectivity index (χ0v) is 8.22. The molecule has 1 atom stereocenters. The van der Waals surface area contributed by atoms with E-state index in [9.17, 15) is 0 Å². The highest BCUT2D eigenvalue weighted by Gasteiger charge is 2.06. The third-order valence-corrected chi connectivity index (χ3v) is 2.52. The summed E-state index contributed by atoms with van der Waals surface area (Å²) in [5.41, 5.74) is 0.991. The fourth-order valence-corrected chi connectivity index (χ4v) is 1.75. The molecule has 4 heteroatoms. The van der Waals surface area contributed by atoms with Crippen molar-refractivity contribution >= 4 is 11.8 Å². The molecule has 0 bridgehead atoms. The van der Waals surface area contributed by atoms with Crippen molar-refractivity contribution in [2.24, 2.45) is 7.05 Å². The minimum Gasteiger partial charge on any atom is -0.262 e. The number of aryl methyl sites for hydroxylation is 2. The lowest BCUT2D eigenvalue weighted by Crippen LogP contribution is -1.96. The normalized spacial score (nSPS) is 12.5. The van der Waals surface area contributed by atoms with Gasteiger partial charge in [0.25, 0.3) is 0 Å². The van der Waals surface area contributed by atoms with Crippen molar-refractivity contribution in [3.05, 3.63) is 11.8 Å². The average molecular weight is 181 g/mol. The van der Waals surface area contributed by atoms with Gasteiger partial charge in [-0.2, -0.15) is 10.4 Å². The first-order chi connectivity index (χ1) is 5.63. The highest BCUT2D eigenvalue weighted by Crippen LogP contribution is 2.22. The molecular weight excluding hydrogens is 170 g/mol. The molecule has 0 aromatic carbocycles. The monoisotopic (exact) mass is 181 g/mol. The standard InChI is InChI=1S/C8H11N3S/c1-6-4-8(11(3)10-6)12-7(2)5-9/h4,7H,1-3H3. The van der Waals surface area contributed by atoms with Gasteiger partial charge in [0.15, 0.2) is 0 Å². The van der Waals surface area contributed by atoms with E-state index < -0.39 is 0 Å². The van der Waals surface area contributed by atoms with Gasteiger partial charge in [0, 0.05) is 7.05 Å². The third kappa shape index (κ3) is 2.02. The van der Waals surface area contributed by atoms with Crippen LogP contribution in [0.5, 0.6) is 0 Å². The summed E-state index contributed by atoms with van der Waals surface area (Å²) in [6.45, 7) is 3.83. The Kier molecular flexibility index (Phi) is 2.77. The van der Waals surface area contributed by atoms with Gasteiger partial charge in [0.05, 0.1) is 22.0 Å². The summed E-state index contributed by atoms with van der Waals surface area (Å²) < 4.78 is 1.80. The lowest BCUT2D eigenvalue weighted by atomic mass is 10.5. The molecule has 0 N–H and O–H groups in total. The predicted octanol–water partition coefficient (Wildman–Crippen LogP) is 1.73. The Labute approximate surface area is 76.4 Å². The quantitative estimate of drug-likeness (QED) is 0.652. The van der Waals surface area contributed by atoms with Crippen LogP contribution in [-0.4, -0.2) is 15.0 Å². The first-order valence-electron chi connectivity index (χ1n) is 3.70. The van der Waals surface area contributed by atoms with E-state index in [0.717, 1.165) is 10.7 Å². The van der Waals surface area contributed by atoms with Crippen molar-refractivity contribution < 1.29 is 0 Å². The van der Waals surface area contributed by atoms with Crippen LogP contribution in [-0.2, 0) is 7.05 Å². The Hall–Kier alpha value is -0.950. The molecule has 0 fully saturated rings. The maximum absolute atomic E-state index is 8.59. The van der Waals surface area contributed by atoms with Gasteiger partial charge in [0.1, 0.15) is 0 Å². The van der Waals surface area contributed by atoms with Crippen LogP contribution in [0.15, 0.2) is 11.1 Å². The Morgan fingerprint density at radius 1 is 1.75 bits per heavy atom. The van der Waals surface area contributed by atoms with E-state index in [4.69, 9.17) is 5.26 Å². The van der Waals surface area contributed by atoms with E-state index in [1.54, 1.807) is 4.68 Å². The topological polar surface area (TPSA) is 41.6 Å². The summed E-state index contributed by atoms with van der Waals surface area (Å²) in [5, 5.41) is 13.8. The van der Waals surface area contributed by atoms with Crippen LogP contribution in [0.25, 0.3) is 0 Å². The second kappa shape index (κ2) is 3.63. The molecule has 0 spiro atoms. The summed E-state index contributed by atoms with van der Waals surface area (Å²) in [6.07, 6.45) is 0. The van der Waals surface area contributed by atoms with Crippen molar-refractivity contribution in [3.63, 3.8) is 0 Å². The largest absolute Gasteiger partial charge is 0.262 e. The molecular formula is C8H11N3S. The molecule has 0 aliphatic carbocycles. The smallest absolute Gasteiger partial charge is 0.0951 e. The Morgan fingerprint density at radius 3 is 2.83 bits per heavy atom. The zero-order valence-electron chi connectivity index (χ0n) is 7.40. The van der Waals surface area contributed by atoms with Crippen LogP contribution in [0.4, 0.5) is 0 Å². The number of aromatic nitrogens is 2. The highest BCUT2D eigenvalue weighted by atomic mass is 32.2. The number of hydrogen-bond donors (Lipinski definition) is 0. The van der Waals surface area contributed by atoms with Gasteiger partial charge in [-0.15, -0.1) is 0 Å². The van der Waals surface area contributed by atoms with E-state index in [-0.39, 0.29) is 5.25 Å². The van der Waals surface area contributed by atoms with E-state index in [0.29, 0.717) is 0 Å². The molecule has 0 saturated carbocycles. The van der Waals surface area contributed by atoms with Gasteiger partial charge in [-0.1, -0.05) is 11.8 Å². The molecule has 0 aliphatic heterocycles. The van der Waals surface area contributed by atoms with Crippen LogP contribution in [0.2, 0.25) is 0 Å². The molecule has 0 radical (unpaired) electrons. The fraction of sp³-hybridized carbons (Fsp3) is 0.500. The molecule has 1 unspecified atom stereocenters. The molecule has 1 rings (SSSR count). The van der Waals surface area contributed by atoms with Gasteiger partial charge in [-0.25, -0.2) is 0 Å². The molecule has 64 valence electrons. The lowest BCUT2D eigenvalue weighted by Gasteiger charge is -2.01. The summed E-state index contributed by atoms with van der Waals surface area (Å²) in [6, 6.07) is 4.16. The molecule has 1 aromatic rings. The van der Waals surface area contributed by atoms with Crippen molar-refractivity contribution in [2.75, 3.05) is 0 Å². The first-order valence-corrected chi connectivity index (χ1v) is 4.58. The van der Waals surface area contributed by atoms with Crippen molar-refractivity contribution in [1.29, 1.82) is 5.26 Å². The molecule has 3 nitrogen and oxygen atoms in total. The minimum atomic E-state index is -0.0141. The SMILES string of the molecule is Cc1cc(SC(C)C#N)n(C)n1. The lowest BCUT2D eigenvalue weighted by molar-refractivity contribution is 0.692. The number of rotatable bonds is 2. The Morgan fingerprint density at radius 2 is 2.42 bits per heavy atom. The van der Waals surface area contributed by atoms with Gasteiger partial charge in [-0.05, 0) is 19.9 Å². The first kappa shape index (κ1) is 9.14. The van der Waals surface area contributed by atoms with Gasteiger partial charge in [0.2, 0.25) is 0 Å². The molecule has 0 saturated heterocycles. The molecule has 1 heterocycles. The number of nitrogens with zero attached hydrogens (tertiary/aromatic N) is 3. The van der Waals surface area contributed by atoms with Gasteiger partial charge < -0.3 is 0 Å². The second-order valence-electron chi connectivity index (χ2n) is 2.64. The summed E-state index contributed by atoms with van der Waals surface area (Å²) in [7, 11) is 1.89. The fourth-order valence-electron chi connectivity index (χ4n) is 0.905. The van der Waals surface area contributed by atoms with Gasteiger partial charge in [-0.3, -0.25) is 4.68 Å². The average Bonchev–Trinajstić information content (AvgIpc) is 2.30. The highest BCUT2D eigenvalue weighted by molar-refractivity contribution is 8.00. The number of hydrogen-bond acceptors (Lipinski definition) is 3. The molecule has 0 aliphatic rings. The van der Waals surface area contributed by atoms with Crippen LogP contribution in [0.3, 0.4) is 0 Å². The van der Waals surface area contributed by atoms with Crippen molar-refractivity contribution in [3.8, 4) is 6.07 Å². The minimum absolute atomic E-state index is 0.0141. The summed E-state index contributed by atoms with van der Waals surface area (Å²) in [5.74, 6) is 0. The summed E-state index contributed by atoms with van der Waals surface area (Å²) >= 11 is 1.53. The number of nitriles is 1. The van der Waals surface area contributed by atoms with E-state index in [1.165, 1.54) is 11.8 Å². The molecule has 0 amide bonds. The van der Waals surface area contributed by atoms with E-state index in [2.05, 4.69) is 11.2 Å². The predicted molar refractivity (Wildman–Crippen MR) is 48.9 cm³/mol. The maximum atomic E-state index is 8.59. The summed E-state index contributed by atoms with van der Waals surface area (Å²) in [4.78, 5) is 0. The molecule has 12 heavy (non-hydrogen) atoms. The van der Waals surface area contributed by atoms with Crippen LogP contribution < -0.4 is 0 Å². The number of thioether (sulfide) groups is 1. The van der Waals surface area contributed by atoms with E-state index >= 15 is 0 Å². The van der Waals surface area contributed by atoms with Crippen LogP contribution in [0.1, 0.15) is 12.6 Å². The van der Waals surface area contributed by atoms with Crippen LogP contribution in [0, 0.1) is 18.3 Å². The van der Waals surface area contributed by atoms with E-state index in [1.807, 2.05) is 27.0 Å². The Balaban J connectivity index is 2.76. The Bertz CT molecular complexity index is 311. The van der Waals surface area contributed by atoms with Gasteiger partial charge >= 0.3 is 0 Å². The van der Waals surface area contributed by atoms with Crippen LogP contribution >= 0.6 is 11.8 Å². The molecule has 1 aromatic heterocycles.